The van der Waals surface area contributed by atoms with E-state index in [-0.39, 0.29) is 25.0 Å². The highest BCUT2D eigenvalue weighted by atomic mass is 16.6. The summed E-state index contributed by atoms with van der Waals surface area (Å²) in [6, 6.07) is 8.18. The molecule has 12 heteroatoms. The highest BCUT2D eigenvalue weighted by molar-refractivity contribution is 5.89. The van der Waals surface area contributed by atoms with E-state index in [1.165, 1.54) is 14.0 Å². The molecule has 7 bridgehead atoms. The van der Waals surface area contributed by atoms with E-state index in [1.807, 2.05) is 6.92 Å². The molecule has 46 heavy (non-hydrogen) atoms. The van der Waals surface area contributed by atoms with Crippen molar-refractivity contribution in [3.63, 3.8) is 0 Å². The molecule has 6 fully saturated rings. The van der Waals surface area contributed by atoms with Crippen LogP contribution in [0.3, 0.4) is 0 Å². The molecule has 1 aromatic carbocycles. The first-order valence-electron chi connectivity index (χ1n) is 16.3. The second kappa shape index (κ2) is 10.9. The summed E-state index contributed by atoms with van der Waals surface area (Å²) >= 11 is 0. The smallest absolute Gasteiger partial charge is 0.338 e. The molecule has 1 heterocycles. The van der Waals surface area contributed by atoms with Crippen LogP contribution < -0.4 is 0 Å². The lowest BCUT2D eigenvalue weighted by Crippen LogP contribution is -2.81. The molecule has 1 aromatic rings. The number of fused-ring (bicyclic) bond motifs is 2. The standard InChI is InChI=1S/C34H47NO11/c1-7-35-15-31(16-41-3)20(37)13-21(42-4)33-19-14-32(40)28(45-30(39)18-11-9-8-10-12-18)22(19)34(46-17(2)36,27(38)29(32)44-6)23(26(33)35)24(43-5)25(31)33/h8-12,19-29,37-38,40H,7,13-16H2,1-6H3/t19-,20+,21-,22-,23-,24-,25+,26+,27-,28+,29-,31-,32-,33-,34+/m0/s1. The summed E-state index contributed by atoms with van der Waals surface area (Å²) in [5, 5.41) is 37.3. The van der Waals surface area contributed by atoms with Crippen LogP contribution in [0.2, 0.25) is 0 Å². The van der Waals surface area contributed by atoms with Crippen molar-refractivity contribution >= 4 is 11.9 Å². The quantitative estimate of drug-likeness (QED) is 0.323. The van der Waals surface area contributed by atoms with E-state index in [1.54, 1.807) is 51.7 Å². The van der Waals surface area contributed by atoms with Crippen LogP contribution in [0.25, 0.3) is 0 Å². The van der Waals surface area contributed by atoms with E-state index in [4.69, 9.17) is 28.4 Å². The van der Waals surface area contributed by atoms with Crippen molar-refractivity contribution in [3.8, 4) is 0 Å². The number of hydrogen-bond acceptors (Lipinski definition) is 12. The SMILES string of the molecule is CCN1C[C@]2(COC)[C@H](O)C[C@H](OC)[C@@]34[C@@H]2[C@@H](OC)[C@@H]([C@@H]13)[C@]1(OC(C)=O)[C@@H]2[C@@H](OC(=O)c3ccccc3)[C@@](O)(C[C@@H]24)[C@@H](OC)[C@@H]1O. The van der Waals surface area contributed by atoms with Gasteiger partial charge in [0.15, 0.2) is 5.60 Å². The average molecular weight is 646 g/mol. The molecule has 0 radical (unpaired) electrons. The number of nitrogens with zero attached hydrogens (tertiary/aromatic N) is 1. The van der Waals surface area contributed by atoms with Gasteiger partial charge in [-0.2, -0.15) is 0 Å². The number of aliphatic hydroxyl groups is 3. The van der Waals surface area contributed by atoms with Gasteiger partial charge in [0.2, 0.25) is 0 Å². The van der Waals surface area contributed by atoms with Crippen LogP contribution in [0.4, 0.5) is 0 Å². The Balaban J connectivity index is 1.53. The number of carbonyl (C=O) groups is 2. The Kier molecular flexibility index (Phi) is 7.69. The molecule has 7 rings (SSSR count). The minimum atomic E-state index is -1.83. The third kappa shape index (κ3) is 3.62. The number of aliphatic hydroxyl groups excluding tert-OH is 2. The van der Waals surface area contributed by atoms with E-state index >= 15 is 0 Å². The van der Waals surface area contributed by atoms with E-state index < -0.39 is 88.3 Å². The molecule has 0 unspecified atom stereocenters. The fourth-order valence-electron chi connectivity index (χ4n) is 12.3. The predicted molar refractivity (Wildman–Crippen MR) is 160 cm³/mol. The molecule has 5 aliphatic carbocycles. The van der Waals surface area contributed by atoms with Crippen molar-refractivity contribution in [1.29, 1.82) is 0 Å². The third-order valence-electron chi connectivity index (χ3n) is 13.2. The molecule has 5 saturated carbocycles. The Morgan fingerprint density at radius 2 is 1.72 bits per heavy atom. The van der Waals surface area contributed by atoms with Gasteiger partial charge in [0.25, 0.3) is 0 Å². The van der Waals surface area contributed by atoms with Gasteiger partial charge in [-0.05, 0) is 31.0 Å². The van der Waals surface area contributed by atoms with Gasteiger partial charge in [0.05, 0.1) is 30.5 Å². The lowest BCUT2D eigenvalue weighted by molar-refractivity contribution is -0.322. The Bertz CT molecular complexity index is 1360. The number of carbonyl (C=O) groups excluding carboxylic acids is 2. The second-order valence-electron chi connectivity index (χ2n) is 14.4. The molecule has 1 saturated heterocycles. The van der Waals surface area contributed by atoms with Crippen LogP contribution in [0.5, 0.6) is 0 Å². The van der Waals surface area contributed by atoms with Gasteiger partial charge in [-0.1, -0.05) is 25.1 Å². The molecule has 15 atom stereocenters. The molecule has 6 aliphatic rings. The van der Waals surface area contributed by atoms with Crippen LogP contribution in [0.1, 0.15) is 37.0 Å². The minimum absolute atomic E-state index is 0.0791. The predicted octanol–water partition coefficient (Wildman–Crippen LogP) is 0.648. The molecular weight excluding hydrogens is 598 g/mol. The van der Waals surface area contributed by atoms with Crippen molar-refractivity contribution in [1.82, 2.24) is 4.90 Å². The molecule has 0 amide bonds. The fourth-order valence-corrected chi connectivity index (χ4v) is 12.3. The Morgan fingerprint density at radius 3 is 2.30 bits per heavy atom. The second-order valence-corrected chi connectivity index (χ2v) is 14.4. The van der Waals surface area contributed by atoms with Gasteiger partial charge in [-0.25, -0.2) is 4.79 Å². The number of hydrogen-bond donors (Lipinski definition) is 3. The zero-order chi connectivity index (χ0) is 33.0. The Hall–Kier alpha value is -2.16. The van der Waals surface area contributed by atoms with Crippen LogP contribution in [0, 0.1) is 34.5 Å². The molecule has 3 N–H and O–H groups in total. The summed E-state index contributed by atoms with van der Waals surface area (Å²) in [6.45, 7) is 4.68. The maximum Gasteiger partial charge on any atom is 0.338 e. The number of ether oxygens (including phenoxy) is 6. The normalized spacial score (nSPS) is 49.9. The summed E-state index contributed by atoms with van der Waals surface area (Å²) in [5.74, 6) is -3.65. The van der Waals surface area contributed by atoms with Crippen LogP contribution in [-0.2, 0) is 33.2 Å². The van der Waals surface area contributed by atoms with E-state index in [0.717, 1.165) is 0 Å². The summed E-state index contributed by atoms with van der Waals surface area (Å²) in [7, 11) is 6.27. The van der Waals surface area contributed by atoms with Crippen molar-refractivity contribution in [3.05, 3.63) is 35.9 Å². The number of rotatable bonds is 9. The highest BCUT2D eigenvalue weighted by Crippen LogP contribution is 2.80. The molecule has 12 nitrogen and oxygen atoms in total. The summed E-state index contributed by atoms with van der Waals surface area (Å²) in [5.41, 5.74) is -4.79. The number of benzene rings is 1. The maximum absolute atomic E-state index is 13.8. The largest absolute Gasteiger partial charge is 0.455 e. The van der Waals surface area contributed by atoms with Gasteiger partial charge in [-0.3, -0.25) is 9.69 Å². The highest BCUT2D eigenvalue weighted by Gasteiger charge is 2.92. The Morgan fingerprint density at radius 1 is 1.00 bits per heavy atom. The van der Waals surface area contributed by atoms with E-state index in [0.29, 0.717) is 25.1 Å². The van der Waals surface area contributed by atoms with E-state index in [2.05, 4.69) is 4.90 Å². The topological polar surface area (TPSA) is 153 Å². The molecule has 1 spiro atoms. The lowest BCUT2D eigenvalue weighted by atomic mass is 9.42. The number of esters is 2. The van der Waals surface area contributed by atoms with Crippen molar-refractivity contribution in [2.24, 2.45) is 34.5 Å². The number of methoxy groups -OCH3 is 4. The van der Waals surface area contributed by atoms with Crippen molar-refractivity contribution in [2.45, 2.75) is 80.6 Å². The minimum Gasteiger partial charge on any atom is -0.455 e. The summed E-state index contributed by atoms with van der Waals surface area (Å²) in [6.07, 6.45) is -5.49. The van der Waals surface area contributed by atoms with Crippen molar-refractivity contribution in [2.75, 3.05) is 48.1 Å². The first-order valence-corrected chi connectivity index (χ1v) is 16.3. The molecular formula is C34H47NO11. The summed E-state index contributed by atoms with van der Waals surface area (Å²) < 4.78 is 37.4. The van der Waals surface area contributed by atoms with E-state index in [9.17, 15) is 24.9 Å². The zero-order valence-electron chi connectivity index (χ0n) is 27.3. The molecule has 0 aromatic heterocycles. The average Bonchev–Trinajstić information content (AvgIpc) is 3.41. The molecule has 254 valence electrons. The van der Waals surface area contributed by atoms with Crippen LogP contribution in [-0.4, -0.2) is 134 Å². The van der Waals surface area contributed by atoms with Gasteiger partial charge >= 0.3 is 11.9 Å². The first kappa shape index (κ1) is 32.4. The van der Waals surface area contributed by atoms with Gasteiger partial charge in [0.1, 0.15) is 23.9 Å². The fraction of sp³-hybridized carbons (Fsp3) is 0.765. The zero-order valence-corrected chi connectivity index (χ0v) is 27.3. The lowest BCUT2D eigenvalue weighted by Gasteiger charge is -2.70. The van der Waals surface area contributed by atoms with Crippen LogP contribution >= 0.6 is 0 Å². The summed E-state index contributed by atoms with van der Waals surface area (Å²) in [4.78, 5) is 29.3. The monoisotopic (exact) mass is 645 g/mol. The molecule has 1 aliphatic heterocycles. The van der Waals surface area contributed by atoms with Crippen molar-refractivity contribution < 1.29 is 53.3 Å². The van der Waals surface area contributed by atoms with Gasteiger partial charge in [0, 0.05) is 83.0 Å². The Labute approximate surface area is 269 Å². The third-order valence-corrected chi connectivity index (χ3v) is 13.2. The van der Waals surface area contributed by atoms with Crippen LogP contribution in [0.15, 0.2) is 30.3 Å². The first-order chi connectivity index (χ1) is 22.0. The number of likely N-dealkylation sites (tertiary alicyclic amines) is 1. The number of piperidine rings is 1. The maximum atomic E-state index is 13.8. The van der Waals surface area contributed by atoms with Gasteiger partial charge in [-0.15, -0.1) is 0 Å². The van der Waals surface area contributed by atoms with Gasteiger partial charge < -0.3 is 43.7 Å².